The lowest BCUT2D eigenvalue weighted by Crippen LogP contribution is -2.38. The lowest BCUT2D eigenvalue weighted by molar-refractivity contribution is 0.0924. The van der Waals surface area contributed by atoms with Gasteiger partial charge in [-0.2, -0.15) is 0 Å². The van der Waals surface area contributed by atoms with Crippen molar-refractivity contribution in [3.8, 4) is 0 Å². The predicted molar refractivity (Wildman–Crippen MR) is 71.9 cm³/mol. The first-order valence-electron chi connectivity index (χ1n) is 6.23. The van der Waals surface area contributed by atoms with Gasteiger partial charge in [-0.1, -0.05) is 20.8 Å². The van der Waals surface area contributed by atoms with Crippen molar-refractivity contribution in [2.24, 2.45) is 5.92 Å². The number of nitrogen functional groups attached to an aromatic ring is 1. The number of nitrogens with one attached hydrogen (secondary N) is 1. The Morgan fingerprint density at radius 3 is 2.50 bits per heavy atom. The van der Waals surface area contributed by atoms with Crippen molar-refractivity contribution in [3.05, 3.63) is 29.1 Å². The second kappa shape index (κ2) is 5.85. The molecule has 0 spiro atoms. The van der Waals surface area contributed by atoms with Gasteiger partial charge in [0.25, 0.3) is 5.91 Å². The number of carbonyl (C=O) groups excluding carboxylic acids is 1. The number of carbonyl (C=O) groups is 1. The van der Waals surface area contributed by atoms with Crippen molar-refractivity contribution < 1.29 is 9.18 Å². The van der Waals surface area contributed by atoms with Gasteiger partial charge >= 0.3 is 0 Å². The quantitative estimate of drug-likeness (QED) is 0.809. The Kier molecular flexibility index (Phi) is 4.70. The van der Waals surface area contributed by atoms with Crippen molar-refractivity contribution >= 4 is 11.6 Å². The molecule has 3 N–H and O–H groups in total. The van der Waals surface area contributed by atoms with Crippen molar-refractivity contribution in [1.29, 1.82) is 0 Å². The summed E-state index contributed by atoms with van der Waals surface area (Å²) in [5.41, 5.74) is 6.62. The van der Waals surface area contributed by atoms with E-state index in [1.54, 1.807) is 6.92 Å². The average Bonchev–Trinajstić information content (AvgIpc) is 2.31. The third kappa shape index (κ3) is 3.22. The summed E-state index contributed by atoms with van der Waals surface area (Å²) in [5, 5.41) is 2.90. The molecule has 1 unspecified atom stereocenters. The Labute approximate surface area is 108 Å². The minimum absolute atomic E-state index is 0.0862. The Hall–Kier alpha value is -1.58. The van der Waals surface area contributed by atoms with E-state index in [0.717, 1.165) is 6.42 Å². The molecule has 18 heavy (non-hydrogen) atoms. The van der Waals surface area contributed by atoms with Crippen LogP contribution < -0.4 is 11.1 Å². The second-order valence-corrected chi connectivity index (χ2v) is 4.90. The van der Waals surface area contributed by atoms with Crippen molar-refractivity contribution in [2.75, 3.05) is 5.73 Å². The summed E-state index contributed by atoms with van der Waals surface area (Å²) in [7, 11) is 0. The summed E-state index contributed by atoms with van der Waals surface area (Å²) >= 11 is 0. The summed E-state index contributed by atoms with van der Waals surface area (Å²) in [6, 6.07) is 2.83. The Morgan fingerprint density at radius 1 is 1.44 bits per heavy atom. The van der Waals surface area contributed by atoms with E-state index in [1.807, 2.05) is 20.8 Å². The molecular weight excluding hydrogens is 231 g/mol. The standard InChI is InChI=1S/C14H21FN2O/c1-5-13(8(2)3)17-14(18)10-6-11(15)9(4)12(16)7-10/h6-8,13H,5,16H2,1-4H3,(H,17,18). The molecule has 1 amide bonds. The van der Waals surface area contributed by atoms with Crippen LogP contribution in [0.2, 0.25) is 0 Å². The molecule has 0 saturated carbocycles. The molecule has 1 rings (SSSR count). The van der Waals surface area contributed by atoms with Gasteiger partial charge in [-0.15, -0.1) is 0 Å². The molecule has 0 radical (unpaired) electrons. The van der Waals surface area contributed by atoms with Gasteiger partial charge in [0.2, 0.25) is 0 Å². The van der Waals surface area contributed by atoms with E-state index < -0.39 is 5.82 Å². The minimum Gasteiger partial charge on any atom is -0.398 e. The van der Waals surface area contributed by atoms with Gasteiger partial charge in [-0.05, 0) is 31.4 Å². The van der Waals surface area contributed by atoms with Crippen molar-refractivity contribution in [1.82, 2.24) is 5.32 Å². The fourth-order valence-electron chi connectivity index (χ4n) is 1.82. The van der Waals surface area contributed by atoms with Crippen molar-refractivity contribution in [3.63, 3.8) is 0 Å². The fourth-order valence-corrected chi connectivity index (χ4v) is 1.82. The zero-order valence-electron chi connectivity index (χ0n) is 11.4. The maximum Gasteiger partial charge on any atom is 0.251 e. The summed E-state index contributed by atoms with van der Waals surface area (Å²) in [4.78, 5) is 12.0. The molecule has 3 nitrogen and oxygen atoms in total. The molecule has 0 aliphatic rings. The smallest absolute Gasteiger partial charge is 0.251 e. The fraction of sp³-hybridized carbons (Fsp3) is 0.500. The highest BCUT2D eigenvalue weighted by atomic mass is 19.1. The number of anilines is 1. The highest BCUT2D eigenvalue weighted by molar-refractivity contribution is 5.95. The summed E-state index contributed by atoms with van der Waals surface area (Å²) in [6.07, 6.45) is 0.841. The third-order valence-corrected chi connectivity index (χ3v) is 3.21. The van der Waals surface area contributed by atoms with Crippen LogP contribution in [0.3, 0.4) is 0 Å². The zero-order chi connectivity index (χ0) is 13.9. The van der Waals surface area contributed by atoms with E-state index >= 15 is 0 Å². The summed E-state index contributed by atoms with van der Waals surface area (Å²) < 4.78 is 13.5. The lowest BCUT2D eigenvalue weighted by Gasteiger charge is -2.21. The number of hydrogen-bond acceptors (Lipinski definition) is 2. The highest BCUT2D eigenvalue weighted by Gasteiger charge is 2.16. The summed E-state index contributed by atoms with van der Waals surface area (Å²) in [5.74, 6) is -0.384. The van der Waals surface area contributed by atoms with E-state index in [1.165, 1.54) is 12.1 Å². The number of halogens is 1. The van der Waals surface area contributed by atoms with Gasteiger partial charge in [0.15, 0.2) is 0 Å². The van der Waals surface area contributed by atoms with Crippen LogP contribution in [0, 0.1) is 18.7 Å². The van der Waals surface area contributed by atoms with Gasteiger partial charge < -0.3 is 11.1 Å². The topological polar surface area (TPSA) is 55.1 Å². The van der Waals surface area contributed by atoms with Crippen LogP contribution in [0.4, 0.5) is 10.1 Å². The Bertz CT molecular complexity index is 420. The van der Waals surface area contributed by atoms with Crippen molar-refractivity contribution in [2.45, 2.75) is 40.2 Å². The minimum atomic E-state index is -0.447. The molecule has 0 aliphatic carbocycles. The molecule has 0 heterocycles. The molecule has 4 heteroatoms. The first-order valence-corrected chi connectivity index (χ1v) is 6.23. The van der Waals surface area contributed by atoms with Gasteiger partial charge in [0, 0.05) is 22.9 Å². The van der Waals surface area contributed by atoms with E-state index in [4.69, 9.17) is 5.73 Å². The maximum absolute atomic E-state index is 13.5. The number of amides is 1. The van der Waals surface area contributed by atoms with Gasteiger partial charge in [0.1, 0.15) is 5.82 Å². The first-order chi connectivity index (χ1) is 8.36. The summed E-state index contributed by atoms with van der Waals surface area (Å²) in [6.45, 7) is 7.68. The van der Waals surface area contributed by atoms with Crippen LogP contribution in [0.15, 0.2) is 12.1 Å². The molecule has 0 bridgehead atoms. The second-order valence-electron chi connectivity index (χ2n) is 4.90. The molecule has 1 aromatic carbocycles. The average molecular weight is 252 g/mol. The molecule has 1 aromatic rings. The first kappa shape index (κ1) is 14.5. The van der Waals surface area contributed by atoms with Gasteiger partial charge in [0.05, 0.1) is 0 Å². The molecule has 0 saturated heterocycles. The van der Waals surface area contributed by atoms with Gasteiger partial charge in [-0.3, -0.25) is 4.79 Å². The number of benzene rings is 1. The lowest BCUT2D eigenvalue weighted by atomic mass is 10.0. The molecule has 0 fully saturated rings. The SMILES string of the molecule is CCC(NC(=O)c1cc(N)c(C)c(F)c1)C(C)C. The van der Waals surface area contributed by atoms with Crippen LogP contribution in [0.25, 0.3) is 0 Å². The van der Waals surface area contributed by atoms with Gasteiger partial charge in [-0.25, -0.2) is 4.39 Å². The number of rotatable bonds is 4. The predicted octanol–water partition coefficient (Wildman–Crippen LogP) is 2.88. The molecular formula is C14H21FN2O. The maximum atomic E-state index is 13.5. The van der Waals surface area contributed by atoms with E-state index in [9.17, 15) is 9.18 Å². The number of nitrogens with two attached hydrogens (primary N) is 1. The number of hydrogen-bond donors (Lipinski definition) is 2. The van der Waals surface area contributed by atoms with Crippen LogP contribution in [0.5, 0.6) is 0 Å². The van der Waals surface area contributed by atoms with E-state index in [2.05, 4.69) is 5.32 Å². The molecule has 100 valence electrons. The van der Waals surface area contributed by atoms with E-state index in [-0.39, 0.29) is 17.5 Å². The Balaban J connectivity index is 2.91. The third-order valence-electron chi connectivity index (χ3n) is 3.21. The highest BCUT2D eigenvalue weighted by Crippen LogP contribution is 2.18. The monoisotopic (exact) mass is 252 g/mol. The van der Waals surface area contributed by atoms with Crippen LogP contribution in [-0.2, 0) is 0 Å². The zero-order valence-corrected chi connectivity index (χ0v) is 11.4. The molecule has 1 atom stereocenters. The molecule has 0 aromatic heterocycles. The van der Waals surface area contributed by atoms with Crippen LogP contribution in [0.1, 0.15) is 43.1 Å². The molecule has 0 aliphatic heterocycles. The van der Waals surface area contributed by atoms with Crippen LogP contribution in [-0.4, -0.2) is 11.9 Å². The normalized spacial score (nSPS) is 12.6. The Morgan fingerprint density at radius 2 is 2.06 bits per heavy atom. The largest absolute Gasteiger partial charge is 0.398 e. The van der Waals surface area contributed by atoms with Crippen LogP contribution >= 0.6 is 0 Å². The van der Waals surface area contributed by atoms with E-state index in [0.29, 0.717) is 17.2 Å².